The minimum Gasteiger partial charge on any atom is -0.340 e. The van der Waals surface area contributed by atoms with E-state index in [-0.39, 0.29) is 5.91 Å². The smallest absolute Gasteiger partial charge is 0.253 e. The van der Waals surface area contributed by atoms with Gasteiger partial charge in [0, 0.05) is 35.1 Å². The predicted molar refractivity (Wildman–Crippen MR) is 104 cm³/mol. The summed E-state index contributed by atoms with van der Waals surface area (Å²) >= 11 is 0. The van der Waals surface area contributed by atoms with Gasteiger partial charge in [0.1, 0.15) is 0 Å². The van der Waals surface area contributed by atoms with Gasteiger partial charge >= 0.3 is 0 Å². The summed E-state index contributed by atoms with van der Waals surface area (Å²) in [4.78, 5) is 24.1. The van der Waals surface area contributed by atoms with Gasteiger partial charge in [-0.25, -0.2) is 9.50 Å². The highest BCUT2D eigenvalue weighted by Gasteiger charge is 2.25. The van der Waals surface area contributed by atoms with E-state index in [1.165, 1.54) is 6.42 Å². The van der Waals surface area contributed by atoms with Crippen molar-refractivity contribution in [3.05, 3.63) is 47.3 Å². The van der Waals surface area contributed by atoms with Crippen molar-refractivity contribution in [2.75, 3.05) is 6.54 Å². The topological polar surface area (TPSA) is 63.4 Å². The van der Waals surface area contributed by atoms with Gasteiger partial charge in [0.05, 0.1) is 6.42 Å². The van der Waals surface area contributed by atoms with Crippen molar-refractivity contribution in [3.63, 3.8) is 0 Å². The molecule has 6 heteroatoms. The molecule has 0 bridgehead atoms. The number of fused-ring (bicyclic) bond motifs is 1. The molecule has 1 fully saturated rings. The van der Waals surface area contributed by atoms with Crippen molar-refractivity contribution in [2.24, 2.45) is 0 Å². The molecule has 1 aliphatic heterocycles. The van der Waals surface area contributed by atoms with Crippen LogP contribution < -0.4 is 0 Å². The van der Waals surface area contributed by atoms with Gasteiger partial charge in [-0.3, -0.25) is 4.79 Å². The lowest BCUT2D eigenvalue weighted by atomic mass is 10.0. The van der Waals surface area contributed by atoms with Gasteiger partial charge in [-0.1, -0.05) is 30.3 Å². The molecule has 0 N–H and O–H groups in total. The lowest BCUT2D eigenvalue weighted by Gasteiger charge is -2.33. The van der Waals surface area contributed by atoms with Crippen LogP contribution in [-0.2, 0) is 11.2 Å². The van der Waals surface area contributed by atoms with Crippen molar-refractivity contribution >= 4 is 11.7 Å². The quantitative estimate of drug-likeness (QED) is 0.716. The van der Waals surface area contributed by atoms with Crippen LogP contribution >= 0.6 is 0 Å². The molecule has 0 aliphatic carbocycles. The van der Waals surface area contributed by atoms with Crippen molar-refractivity contribution in [3.8, 4) is 11.4 Å². The molecule has 1 amide bonds. The molecule has 1 aliphatic rings. The van der Waals surface area contributed by atoms with Gasteiger partial charge in [0.2, 0.25) is 5.91 Å². The molecule has 0 unspecified atom stereocenters. The number of carbonyl (C=O) groups is 1. The molecule has 4 rings (SSSR count). The van der Waals surface area contributed by atoms with E-state index in [0.29, 0.717) is 24.1 Å². The van der Waals surface area contributed by atoms with Gasteiger partial charge in [-0.15, -0.1) is 5.10 Å². The number of aromatic nitrogens is 4. The summed E-state index contributed by atoms with van der Waals surface area (Å²) in [7, 11) is 0. The number of hydrogen-bond acceptors (Lipinski definition) is 4. The molecule has 0 saturated carbocycles. The monoisotopic (exact) mass is 363 g/mol. The van der Waals surface area contributed by atoms with E-state index < -0.39 is 0 Å². The summed E-state index contributed by atoms with van der Waals surface area (Å²) in [5.41, 5.74) is 3.70. The first kappa shape index (κ1) is 17.6. The van der Waals surface area contributed by atoms with Crippen molar-refractivity contribution < 1.29 is 4.79 Å². The minimum atomic E-state index is 0.179. The summed E-state index contributed by atoms with van der Waals surface area (Å²) in [6, 6.07) is 10.2. The standard InChI is InChI=1S/C21H25N5O/c1-14-9-7-8-12-25(14)19(27)13-18-15(2)22-21-23-20(24-26(21)16(18)3)17-10-5-4-6-11-17/h4-6,10-11,14H,7-9,12-13H2,1-3H3/t14-/m0/s1. The highest BCUT2D eigenvalue weighted by atomic mass is 16.2. The van der Waals surface area contributed by atoms with Gasteiger partial charge in [0.15, 0.2) is 5.82 Å². The average molecular weight is 363 g/mol. The molecule has 3 heterocycles. The van der Waals surface area contributed by atoms with Crippen LogP contribution in [-0.4, -0.2) is 43.0 Å². The molecule has 1 aromatic carbocycles. The van der Waals surface area contributed by atoms with Crippen molar-refractivity contribution in [1.82, 2.24) is 24.5 Å². The Balaban J connectivity index is 1.68. The van der Waals surface area contributed by atoms with Gasteiger partial charge in [-0.05, 0) is 40.0 Å². The van der Waals surface area contributed by atoms with E-state index in [9.17, 15) is 4.79 Å². The molecule has 0 radical (unpaired) electrons. The summed E-state index contributed by atoms with van der Waals surface area (Å²) in [6.07, 6.45) is 3.75. The number of aryl methyl sites for hydroxylation is 2. The highest BCUT2D eigenvalue weighted by Crippen LogP contribution is 2.22. The Hall–Kier alpha value is -2.76. The number of piperidine rings is 1. The van der Waals surface area contributed by atoms with E-state index in [0.717, 1.165) is 41.9 Å². The Bertz CT molecular complexity index is 979. The third-order valence-electron chi connectivity index (χ3n) is 5.53. The molecule has 1 saturated heterocycles. The lowest BCUT2D eigenvalue weighted by molar-refractivity contribution is -0.133. The van der Waals surface area contributed by atoms with E-state index in [2.05, 4.69) is 22.0 Å². The first-order valence-electron chi connectivity index (χ1n) is 9.62. The second kappa shape index (κ2) is 7.10. The zero-order valence-corrected chi connectivity index (χ0v) is 16.1. The van der Waals surface area contributed by atoms with Crippen LogP contribution in [0.1, 0.15) is 43.1 Å². The van der Waals surface area contributed by atoms with Crippen LogP contribution in [0.3, 0.4) is 0 Å². The number of benzene rings is 1. The van der Waals surface area contributed by atoms with E-state index in [1.807, 2.05) is 49.1 Å². The Kier molecular flexibility index (Phi) is 4.64. The summed E-state index contributed by atoms with van der Waals surface area (Å²) < 4.78 is 1.76. The molecule has 2 aromatic heterocycles. The van der Waals surface area contributed by atoms with Crippen LogP contribution in [0.15, 0.2) is 30.3 Å². The summed E-state index contributed by atoms with van der Waals surface area (Å²) in [6.45, 7) is 6.94. The Morgan fingerprint density at radius 3 is 2.67 bits per heavy atom. The number of amides is 1. The molecule has 0 spiro atoms. The Labute approximate surface area is 159 Å². The van der Waals surface area contributed by atoms with Crippen LogP contribution in [0.5, 0.6) is 0 Å². The van der Waals surface area contributed by atoms with Crippen LogP contribution in [0, 0.1) is 13.8 Å². The maximum absolute atomic E-state index is 12.9. The predicted octanol–water partition coefficient (Wildman–Crippen LogP) is 3.35. The highest BCUT2D eigenvalue weighted by molar-refractivity contribution is 5.79. The third-order valence-corrected chi connectivity index (χ3v) is 5.53. The fraction of sp³-hybridized carbons (Fsp3) is 0.429. The van der Waals surface area contributed by atoms with E-state index in [1.54, 1.807) is 4.52 Å². The average Bonchev–Trinajstić information content (AvgIpc) is 3.10. The number of nitrogens with zero attached hydrogens (tertiary/aromatic N) is 5. The molecule has 3 aromatic rings. The summed E-state index contributed by atoms with van der Waals surface area (Å²) in [5.74, 6) is 1.41. The zero-order chi connectivity index (χ0) is 19.0. The summed E-state index contributed by atoms with van der Waals surface area (Å²) in [5, 5.41) is 4.64. The van der Waals surface area contributed by atoms with Crippen molar-refractivity contribution in [1.29, 1.82) is 0 Å². The van der Waals surface area contributed by atoms with E-state index in [4.69, 9.17) is 0 Å². The number of carbonyl (C=O) groups excluding carboxylic acids is 1. The molecule has 6 nitrogen and oxygen atoms in total. The molecule has 140 valence electrons. The van der Waals surface area contributed by atoms with Gasteiger partial charge in [0.25, 0.3) is 5.78 Å². The normalized spacial score (nSPS) is 17.4. The molecular formula is C21H25N5O. The van der Waals surface area contributed by atoms with Crippen LogP contribution in [0.4, 0.5) is 0 Å². The molecule has 27 heavy (non-hydrogen) atoms. The van der Waals surface area contributed by atoms with Gasteiger partial charge < -0.3 is 4.90 Å². The molecular weight excluding hydrogens is 338 g/mol. The number of hydrogen-bond donors (Lipinski definition) is 0. The largest absolute Gasteiger partial charge is 0.340 e. The fourth-order valence-electron chi connectivity index (χ4n) is 3.90. The zero-order valence-electron chi connectivity index (χ0n) is 16.1. The third kappa shape index (κ3) is 3.31. The Morgan fingerprint density at radius 1 is 1.15 bits per heavy atom. The molecule has 1 atom stereocenters. The maximum Gasteiger partial charge on any atom is 0.253 e. The minimum absolute atomic E-state index is 0.179. The fourth-order valence-corrected chi connectivity index (χ4v) is 3.90. The number of rotatable bonds is 3. The van der Waals surface area contributed by atoms with E-state index >= 15 is 0 Å². The van der Waals surface area contributed by atoms with Crippen LogP contribution in [0.2, 0.25) is 0 Å². The number of likely N-dealkylation sites (tertiary alicyclic amines) is 1. The lowest BCUT2D eigenvalue weighted by Crippen LogP contribution is -2.43. The first-order chi connectivity index (χ1) is 13.0. The van der Waals surface area contributed by atoms with Crippen LogP contribution in [0.25, 0.3) is 17.2 Å². The first-order valence-corrected chi connectivity index (χ1v) is 9.62. The second-order valence-corrected chi connectivity index (χ2v) is 7.38. The second-order valence-electron chi connectivity index (χ2n) is 7.38. The Morgan fingerprint density at radius 2 is 1.93 bits per heavy atom. The SMILES string of the molecule is Cc1nc2nc(-c3ccccc3)nn2c(C)c1CC(=O)N1CCCC[C@@H]1C. The van der Waals surface area contributed by atoms with Crippen molar-refractivity contribution in [2.45, 2.75) is 52.5 Å². The maximum atomic E-state index is 12.9. The van der Waals surface area contributed by atoms with Gasteiger partial charge in [-0.2, -0.15) is 4.98 Å².